The zero-order chi connectivity index (χ0) is 15.5. The highest BCUT2D eigenvalue weighted by Crippen LogP contribution is 2.44. The van der Waals surface area contributed by atoms with Crippen LogP contribution < -0.4 is 0 Å². The second-order valence-electron chi connectivity index (χ2n) is 7.47. The monoisotopic (exact) mass is 322 g/mol. The molecule has 0 aliphatic heterocycles. The molecule has 0 N–H and O–H groups in total. The summed E-state index contributed by atoms with van der Waals surface area (Å²) in [6.07, 6.45) is 12.3. The predicted molar refractivity (Wildman–Crippen MR) is 91.8 cm³/mol. The molecule has 2 fully saturated rings. The molecule has 0 atom stereocenters. The van der Waals surface area contributed by atoms with Gasteiger partial charge in [-0.3, -0.25) is 0 Å². The number of halogens is 2. The van der Waals surface area contributed by atoms with Crippen LogP contribution >= 0.6 is 11.6 Å². The predicted octanol–water partition coefficient (Wildman–Crippen LogP) is 6.97. The van der Waals surface area contributed by atoms with Crippen LogP contribution in [0.15, 0.2) is 18.2 Å². The molecule has 3 rings (SSSR count). The topological polar surface area (TPSA) is 0 Å². The Labute approximate surface area is 139 Å². The van der Waals surface area contributed by atoms with Crippen molar-refractivity contribution in [3.8, 4) is 0 Å². The number of benzene rings is 1. The number of rotatable bonds is 3. The molecule has 0 spiro atoms. The standard InChI is InChI=1S/C20H28ClF/c1-2-14-3-5-15(6-4-14)16-7-9-17(10-8-16)18-11-12-19(21)20(22)13-18/h11-17H,2-10H2,1H3/t14-,15-,16?,17?. The maximum Gasteiger partial charge on any atom is 0.142 e. The summed E-state index contributed by atoms with van der Waals surface area (Å²) in [6, 6.07) is 5.38. The highest BCUT2D eigenvalue weighted by atomic mass is 35.5. The zero-order valence-electron chi connectivity index (χ0n) is 13.7. The highest BCUT2D eigenvalue weighted by Gasteiger charge is 2.31. The Bertz CT molecular complexity index is 482. The van der Waals surface area contributed by atoms with Gasteiger partial charge in [0.25, 0.3) is 0 Å². The van der Waals surface area contributed by atoms with E-state index in [1.165, 1.54) is 57.8 Å². The van der Waals surface area contributed by atoms with Gasteiger partial charge in [0.1, 0.15) is 5.82 Å². The normalized spacial score (nSPS) is 32.9. The van der Waals surface area contributed by atoms with E-state index in [0.29, 0.717) is 5.92 Å². The van der Waals surface area contributed by atoms with E-state index in [4.69, 9.17) is 11.6 Å². The molecular weight excluding hydrogens is 295 g/mol. The van der Waals surface area contributed by atoms with Crippen molar-refractivity contribution in [3.63, 3.8) is 0 Å². The first kappa shape index (κ1) is 16.3. The van der Waals surface area contributed by atoms with Gasteiger partial charge in [0.2, 0.25) is 0 Å². The van der Waals surface area contributed by atoms with E-state index in [0.717, 1.165) is 23.3 Å². The first-order chi connectivity index (χ1) is 10.7. The molecule has 2 aliphatic rings. The minimum atomic E-state index is -0.265. The molecule has 0 nitrogen and oxygen atoms in total. The van der Waals surface area contributed by atoms with Crippen LogP contribution in [0.3, 0.4) is 0 Å². The van der Waals surface area contributed by atoms with Crippen LogP contribution in [0.25, 0.3) is 0 Å². The molecule has 0 radical (unpaired) electrons. The lowest BCUT2D eigenvalue weighted by Gasteiger charge is -2.38. The van der Waals surface area contributed by atoms with Crippen molar-refractivity contribution in [2.24, 2.45) is 17.8 Å². The summed E-state index contributed by atoms with van der Waals surface area (Å²) in [5.41, 5.74) is 1.15. The van der Waals surface area contributed by atoms with Crippen LogP contribution in [0.4, 0.5) is 4.39 Å². The van der Waals surface area contributed by atoms with Crippen molar-refractivity contribution in [2.45, 2.75) is 70.6 Å². The van der Waals surface area contributed by atoms with Gasteiger partial charge in [-0.05, 0) is 79.9 Å². The summed E-state index contributed by atoms with van der Waals surface area (Å²) in [5, 5.41) is 0.241. The van der Waals surface area contributed by atoms with E-state index in [1.54, 1.807) is 12.1 Å². The van der Waals surface area contributed by atoms with Crippen molar-refractivity contribution in [1.29, 1.82) is 0 Å². The van der Waals surface area contributed by atoms with Gasteiger partial charge < -0.3 is 0 Å². The molecule has 2 aliphatic carbocycles. The minimum absolute atomic E-state index is 0.241. The smallest absolute Gasteiger partial charge is 0.142 e. The fraction of sp³-hybridized carbons (Fsp3) is 0.700. The minimum Gasteiger partial charge on any atom is -0.205 e. The van der Waals surface area contributed by atoms with E-state index in [9.17, 15) is 4.39 Å². The summed E-state index contributed by atoms with van der Waals surface area (Å²) in [6.45, 7) is 2.33. The van der Waals surface area contributed by atoms with Gasteiger partial charge in [-0.25, -0.2) is 4.39 Å². The molecule has 1 aromatic rings. The van der Waals surface area contributed by atoms with Gasteiger partial charge in [-0.15, -0.1) is 0 Å². The van der Waals surface area contributed by atoms with Crippen LogP contribution in [-0.2, 0) is 0 Å². The summed E-state index contributed by atoms with van der Waals surface area (Å²) in [5.74, 6) is 3.15. The summed E-state index contributed by atoms with van der Waals surface area (Å²) in [7, 11) is 0. The third kappa shape index (κ3) is 3.67. The lowest BCUT2D eigenvalue weighted by Crippen LogP contribution is -2.25. The maximum atomic E-state index is 13.6. The fourth-order valence-electron chi connectivity index (χ4n) is 4.76. The number of hydrogen-bond acceptors (Lipinski definition) is 0. The van der Waals surface area contributed by atoms with Crippen molar-refractivity contribution in [2.75, 3.05) is 0 Å². The Morgan fingerprint density at radius 2 is 1.55 bits per heavy atom. The third-order valence-electron chi connectivity index (χ3n) is 6.32. The van der Waals surface area contributed by atoms with Crippen LogP contribution in [-0.4, -0.2) is 0 Å². The second-order valence-corrected chi connectivity index (χ2v) is 7.88. The lowest BCUT2D eigenvalue weighted by atomic mass is 9.68. The quantitative estimate of drug-likeness (QED) is 0.563. The number of hydrogen-bond donors (Lipinski definition) is 0. The summed E-state index contributed by atoms with van der Waals surface area (Å²) < 4.78 is 13.6. The molecule has 22 heavy (non-hydrogen) atoms. The van der Waals surface area contributed by atoms with Gasteiger partial charge in [-0.1, -0.05) is 43.9 Å². The van der Waals surface area contributed by atoms with Gasteiger partial charge in [0.15, 0.2) is 0 Å². The van der Waals surface area contributed by atoms with Crippen molar-refractivity contribution < 1.29 is 4.39 Å². The van der Waals surface area contributed by atoms with Gasteiger partial charge in [0, 0.05) is 0 Å². The molecule has 2 heteroatoms. The molecule has 2 saturated carbocycles. The van der Waals surface area contributed by atoms with Crippen molar-refractivity contribution in [3.05, 3.63) is 34.6 Å². The van der Waals surface area contributed by atoms with E-state index >= 15 is 0 Å². The first-order valence-electron chi connectivity index (χ1n) is 9.12. The van der Waals surface area contributed by atoms with Gasteiger partial charge in [0.05, 0.1) is 5.02 Å². The Hall–Kier alpha value is -0.560. The Morgan fingerprint density at radius 3 is 2.09 bits per heavy atom. The summed E-state index contributed by atoms with van der Waals surface area (Å²) in [4.78, 5) is 0. The molecule has 0 amide bonds. The molecular formula is C20H28ClF. The average Bonchev–Trinajstić information content (AvgIpc) is 2.58. The zero-order valence-corrected chi connectivity index (χ0v) is 14.4. The largest absolute Gasteiger partial charge is 0.205 e. The van der Waals surface area contributed by atoms with Gasteiger partial charge >= 0.3 is 0 Å². The molecule has 0 unspecified atom stereocenters. The molecule has 0 aromatic heterocycles. The Balaban J connectivity index is 1.53. The molecule has 0 saturated heterocycles. The highest BCUT2D eigenvalue weighted by molar-refractivity contribution is 6.30. The first-order valence-corrected chi connectivity index (χ1v) is 9.50. The van der Waals surface area contributed by atoms with Crippen molar-refractivity contribution >= 4 is 11.6 Å². The van der Waals surface area contributed by atoms with E-state index in [2.05, 4.69) is 6.92 Å². The van der Waals surface area contributed by atoms with Crippen molar-refractivity contribution in [1.82, 2.24) is 0 Å². The third-order valence-corrected chi connectivity index (χ3v) is 6.63. The van der Waals surface area contributed by atoms with Crippen LogP contribution in [0, 0.1) is 23.6 Å². The van der Waals surface area contributed by atoms with Crippen LogP contribution in [0.1, 0.15) is 76.2 Å². The van der Waals surface area contributed by atoms with E-state index in [1.807, 2.05) is 6.07 Å². The molecule has 0 heterocycles. The van der Waals surface area contributed by atoms with E-state index < -0.39 is 0 Å². The molecule has 122 valence electrons. The fourth-order valence-corrected chi connectivity index (χ4v) is 4.88. The maximum absolute atomic E-state index is 13.6. The second kappa shape index (κ2) is 7.34. The van der Waals surface area contributed by atoms with Crippen LogP contribution in [0.2, 0.25) is 5.02 Å². The SMILES string of the molecule is CC[C@H]1CC[C@H](C2CCC(c3ccc(Cl)c(F)c3)CC2)CC1. The van der Waals surface area contributed by atoms with Gasteiger partial charge in [-0.2, -0.15) is 0 Å². The molecule has 1 aromatic carbocycles. The van der Waals surface area contributed by atoms with Crippen LogP contribution in [0.5, 0.6) is 0 Å². The Morgan fingerprint density at radius 1 is 0.955 bits per heavy atom. The lowest BCUT2D eigenvalue weighted by molar-refractivity contribution is 0.158. The Kier molecular flexibility index (Phi) is 5.44. The summed E-state index contributed by atoms with van der Waals surface area (Å²) >= 11 is 5.79. The average molecular weight is 323 g/mol. The van der Waals surface area contributed by atoms with E-state index in [-0.39, 0.29) is 10.8 Å². The molecule has 0 bridgehead atoms.